The van der Waals surface area contributed by atoms with E-state index in [2.05, 4.69) is 5.32 Å². The summed E-state index contributed by atoms with van der Waals surface area (Å²) in [4.78, 5) is 11.0. The molecule has 0 radical (unpaired) electrons. The fourth-order valence-electron chi connectivity index (χ4n) is 1.32. The third-order valence-electron chi connectivity index (χ3n) is 2.59. The number of sulfonamides is 1. The van der Waals surface area contributed by atoms with Gasteiger partial charge in [-0.2, -0.15) is 0 Å². The van der Waals surface area contributed by atoms with Gasteiger partial charge in [-0.15, -0.1) is 0 Å². The summed E-state index contributed by atoms with van der Waals surface area (Å²) in [5.74, 6) is -3.52. The SMILES string of the molecule is CCC(=O)Nc1ccc(S(=O)(=O)NCC(F)(F)CN)cc1. The minimum atomic E-state index is -4.05. The monoisotopic (exact) mass is 321 g/mol. The Morgan fingerprint density at radius 3 is 2.33 bits per heavy atom. The number of carbonyl (C=O) groups excluding carboxylic acids is 1. The average Bonchev–Trinajstić information content (AvgIpc) is 2.46. The van der Waals surface area contributed by atoms with Crippen molar-refractivity contribution in [2.24, 2.45) is 5.73 Å². The standard InChI is InChI=1S/C12H17F2N3O3S/c1-2-11(18)17-9-3-5-10(6-4-9)21(19,20)16-8-12(13,14)7-15/h3-6,16H,2,7-8,15H2,1H3,(H,17,18). The fourth-order valence-corrected chi connectivity index (χ4v) is 2.39. The minimum Gasteiger partial charge on any atom is -0.326 e. The van der Waals surface area contributed by atoms with Crippen molar-refractivity contribution < 1.29 is 22.0 Å². The van der Waals surface area contributed by atoms with Crippen molar-refractivity contribution in [2.45, 2.75) is 24.2 Å². The summed E-state index contributed by atoms with van der Waals surface area (Å²) in [6.45, 7) is -0.340. The van der Waals surface area contributed by atoms with Gasteiger partial charge in [-0.1, -0.05) is 6.92 Å². The van der Waals surface area contributed by atoms with E-state index >= 15 is 0 Å². The lowest BCUT2D eigenvalue weighted by molar-refractivity contribution is -0.115. The molecule has 0 unspecified atom stereocenters. The lowest BCUT2D eigenvalue weighted by Crippen LogP contribution is -2.41. The number of benzene rings is 1. The summed E-state index contributed by atoms with van der Waals surface area (Å²) in [5, 5.41) is 2.54. The van der Waals surface area contributed by atoms with Gasteiger partial charge in [0.25, 0.3) is 5.92 Å². The van der Waals surface area contributed by atoms with Crippen molar-refractivity contribution in [1.82, 2.24) is 4.72 Å². The minimum absolute atomic E-state index is 0.176. The number of carbonyl (C=O) groups is 1. The smallest absolute Gasteiger partial charge is 0.273 e. The van der Waals surface area contributed by atoms with E-state index in [1.807, 2.05) is 0 Å². The second kappa shape index (κ2) is 6.92. The second-order valence-corrected chi connectivity index (χ2v) is 6.08. The molecule has 0 atom stereocenters. The van der Waals surface area contributed by atoms with Gasteiger partial charge >= 0.3 is 0 Å². The van der Waals surface area contributed by atoms with Crippen molar-refractivity contribution in [2.75, 3.05) is 18.4 Å². The molecule has 0 heterocycles. The van der Waals surface area contributed by atoms with E-state index in [0.717, 1.165) is 0 Å². The van der Waals surface area contributed by atoms with Gasteiger partial charge < -0.3 is 11.1 Å². The highest BCUT2D eigenvalue weighted by Crippen LogP contribution is 2.16. The molecule has 0 fully saturated rings. The summed E-state index contributed by atoms with van der Waals surface area (Å²) in [6.07, 6.45) is 0.287. The molecule has 0 aliphatic heterocycles. The predicted molar refractivity (Wildman–Crippen MR) is 74.6 cm³/mol. The van der Waals surface area contributed by atoms with Crippen molar-refractivity contribution in [3.63, 3.8) is 0 Å². The first-order valence-corrected chi connectivity index (χ1v) is 7.66. The van der Waals surface area contributed by atoms with Gasteiger partial charge in [0, 0.05) is 12.1 Å². The first-order chi connectivity index (χ1) is 9.70. The quantitative estimate of drug-likeness (QED) is 0.694. The van der Waals surface area contributed by atoms with E-state index in [1.165, 1.54) is 24.3 Å². The van der Waals surface area contributed by atoms with Crippen LogP contribution in [0.25, 0.3) is 0 Å². The molecule has 21 heavy (non-hydrogen) atoms. The summed E-state index contributed by atoms with van der Waals surface area (Å²) in [5.41, 5.74) is 5.25. The molecule has 0 saturated heterocycles. The van der Waals surface area contributed by atoms with Crippen LogP contribution in [0, 0.1) is 0 Å². The van der Waals surface area contributed by atoms with Crippen molar-refractivity contribution in [1.29, 1.82) is 0 Å². The van der Waals surface area contributed by atoms with Crippen LogP contribution in [0.4, 0.5) is 14.5 Å². The Kier molecular flexibility index (Phi) is 5.76. The van der Waals surface area contributed by atoms with Gasteiger partial charge in [-0.3, -0.25) is 4.79 Å². The zero-order valence-corrected chi connectivity index (χ0v) is 12.2. The molecule has 0 aromatic heterocycles. The molecule has 0 saturated carbocycles. The maximum atomic E-state index is 12.9. The van der Waals surface area contributed by atoms with E-state index in [1.54, 1.807) is 11.6 Å². The normalized spacial score (nSPS) is 12.2. The predicted octanol–water partition coefficient (Wildman–Crippen LogP) is 0.907. The van der Waals surface area contributed by atoms with Crippen LogP contribution in [0.3, 0.4) is 0 Å². The van der Waals surface area contributed by atoms with Crippen LogP contribution >= 0.6 is 0 Å². The highest BCUT2D eigenvalue weighted by molar-refractivity contribution is 7.89. The molecule has 9 heteroatoms. The topological polar surface area (TPSA) is 101 Å². The molecule has 0 spiro atoms. The van der Waals surface area contributed by atoms with Crippen LogP contribution in [0.2, 0.25) is 0 Å². The average molecular weight is 321 g/mol. The first-order valence-electron chi connectivity index (χ1n) is 6.17. The summed E-state index contributed by atoms with van der Waals surface area (Å²) < 4.78 is 51.3. The van der Waals surface area contributed by atoms with Gasteiger partial charge in [0.1, 0.15) is 0 Å². The molecule has 0 bridgehead atoms. The second-order valence-electron chi connectivity index (χ2n) is 4.31. The van der Waals surface area contributed by atoms with Crippen molar-refractivity contribution in [3.8, 4) is 0 Å². The van der Waals surface area contributed by atoms with Crippen molar-refractivity contribution >= 4 is 21.6 Å². The van der Waals surface area contributed by atoms with Crippen LogP contribution in [0.5, 0.6) is 0 Å². The number of nitrogens with two attached hydrogens (primary N) is 1. The number of nitrogens with one attached hydrogen (secondary N) is 2. The third kappa shape index (κ3) is 5.37. The van der Waals surface area contributed by atoms with E-state index in [4.69, 9.17) is 5.73 Å². The molecule has 1 aromatic rings. The molecule has 0 aliphatic rings. The first kappa shape index (κ1) is 17.5. The van der Waals surface area contributed by atoms with Crippen LogP contribution in [0.1, 0.15) is 13.3 Å². The van der Waals surface area contributed by atoms with E-state index in [0.29, 0.717) is 5.69 Å². The molecule has 1 rings (SSSR count). The van der Waals surface area contributed by atoms with Gasteiger partial charge in [0.2, 0.25) is 15.9 Å². The fraction of sp³-hybridized carbons (Fsp3) is 0.417. The van der Waals surface area contributed by atoms with Crippen LogP contribution in [-0.2, 0) is 14.8 Å². The number of halogens is 2. The number of rotatable bonds is 7. The molecule has 6 nitrogen and oxygen atoms in total. The summed E-state index contributed by atoms with van der Waals surface area (Å²) in [7, 11) is -4.05. The zero-order chi connectivity index (χ0) is 16.1. The van der Waals surface area contributed by atoms with Crippen LogP contribution in [-0.4, -0.2) is 33.3 Å². The largest absolute Gasteiger partial charge is 0.326 e. The lowest BCUT2D eigenvalue weighted by Gasteiger charge is -2.15. The van der Waals surface area contributed by atoms with Crippen LogP contribution in [0.15, 0.2) is 29.2 Å². The molecule has 4 N–H and O–H groups in total. The summed E-state index contributed by atoms with van der Waals surface area (Å²) >= 11 is 0. The van der Waals surface area contributed by atoms with E-state index < -0.39 is 29.0 Å². The Labute approximate surface area is 121 Å². The Morgan fingerprint density at radius 1 is 1.29 bits per heavy atom. The Balaban J connectivity index is 2.78. The number of amides is 1. The summed E-state index contributed by atoms with van der Waals surface area (Å²) in [6, 6.07) is 5.19. The highest BCUT2D eigenvalue weighted by Gasteiger charge is 2.29. The number of alkyl halides is 2. The number of hydrogen-bond donors (Lipinski definition) is 3. The molecular weight excluding hydrogens is 304 g/mol. The highest BCUT2D eigenvalue weighted by atomic mass is 32.2. The Hall–Kier alpha value is -1.58. The van der Waals surface area contributed by atoms with Gasteiger partial charge in [-0.05, 0) is 24.3 Å². The van der Waals surface area contributed by atoms with Gasteiger partial charge in [0.15, 0.2) is 0 Å². The van der Waals surface area contributed by atoms with Crippen molar-refractivity contribution in [3.05, 3.63) is 24.3 Å². The van der Waals surface area contributed by atoms with Gasteiger partial charge in [0.05, 0.1) is 18.0 Å². The molecular formula is C12H17F2N3O3S. The Bertz CT molecular complexity index is 588. The molecule has 1 amide bonds. The number of hydrogen-bond acceptors (Lipinski definition) is 4. The third-order valence-corrected chi connectivity index (χ3v) is 4.01. The maximum absolute atomic E-state index is 12.9. The molecule has 118 valence electrons. The molecule has 0 aliphatic carbocycles. The molecule has 1 aromatic carbocycles. The maximum Gasteiger partial charge on any atom is 0.273 e. The number of anilines is 1. The van der Waals surface area contributed by atoms with Crippen LogP contribution < -0.4 is 15.8 Å². The Morgan fingerprint density at radius 2 is 1.86 bits per heavy atom. The van der Waals surface area contributed by atoms with E-state index in [9.17, 15) is 22.0 Å². The van der Waals surface area contributed by atoms with E-state index in [-0.39, 0.29) is 17.2 Å². The van der Waals surface area contributed by atoms with Gasteiger partial charge in [-0.25, -0.2) is 21.9 Å². The zero-order valence-electron chi connectivity index (χ0n) is 11.4. The lowest BCUT2D eigenvalue weighted by atomic mass is 10.3.